The lowest BCUT2D eigenvalue weighted by molar-refractivity contribution is -0.141. The molecule has 29 heavy (non-hydrogen) atoms. The average Bonchev–Trinajstić information content (AvgIpc) is 2.60. The Labute approximate surface area is 161 Å². The highest BCUT2D eigenvalue weighted by Crippen LogP contribution is 2.30. The van der Waals surface area contributed by atoms with Gasteiger partial charge in [0, 0.05) is 11.9 Å². The number of halogens is 4. The highest BCUT2D eigenvalue weighted by Gasteiger charge is 2.33. The van der Waals surface area contributed by atoms with Gasteiger partial charge < -0.3 is 11.1 Å². The maximum absolute atomic E-state index is 14.1. The van der Waals surface area contributed by atoms with Crippen LogP contribution < -0.4 is 11.1 Å². The van der Waals surface area contributed by atoms with Crippen LogP contribution in [0.2, 0.25) is 0 Å². The molecule has 0 fully saturated rings. The van der Waals surface area contributed by atoms with Gasteiger partial charge in [-0.15, -0.1) is 0 Å². The number of aromatic nitrogens is 4. The van der Waals surface area contributed by atoms with Crippen LogP contribution in [0.4, 0.5) is 35.1 Å². The highest BCUT2D eigenvalue weighted by molar-refractivity contribution is 7.90. The van der Waals surface area contributed by atoms with Gasteiger partial charge in [-0.05, 0) is 30.3 Å². The molecule has 0 aliphatic carbocycles. The van der Waals surface area contributed by atoms with Gasteiger partial charge in [0.05, 0.1) is 4.90 Å². The first-order valence-corrected chi connectivity index (χ1v) is 9.65. The molecule has 0 amide bonds. The van der Waals surface area contributed by atoms with Crippen molar-refractivity contribution in [2.75, 3.05) is 17.3 Å². The van der Waals surface area contributed by atoms with E-state index < -0.39 is 45.0 Å². The Morgan fingerprint density at radius 3 is 2.41 bits per heavy atom. The number of sulfone groups is 1. The maximum Gasteiger partial charge on any atom is 0.433 e. The van der Waals surface area contributed by atoms with Crippen LogP contribution in [0.15, 0.2) is 41.3 Å². The second-order valence-corrected chi connectivity index (χ2v) is 7.81. The van der Waals surface area contributed by atoms with Crippen molar-refractivity contribution in [1.29, 1.82) is 0 Å². The molecule has 0 unspecified atom stereocenters. The number of alkyl halides is 3. The number of pyridine rings is 1. The van der Waals surface area contributed by atoms with E-state index in [0.29, 0.717) is 12.1 Å². The van der Waals surface area contributed by atoms with Crippen molar-refractivity contribution in [3.05, 3.63) is 47.9 Å². The molecule has 1 aromatic carbocycles. The van der Waals surface area contributed by atoms with E-state index in [1.165, 1.54) is 24.3 Å². The number of rotatable bonds is 4. The zero-order chi connectivity index (χ0) is 21.4. The largest absolute Gasteiger partial charge is 0.433 e. The fraction of sp³-hybridized carbons (Fsp3) is 0.125. The van der Waals surface area contributed by atoms with E-state index in [1.54, 1.807) is 0 Å². The standard InChI is InChI=1S/C16H12F4N6O2S/c1-29(27,28)9-4-2-3-8(7-9)22-15-25-13(24-14(21)26-15)12-10(17)5-6-11(23-12)16(18,19)20/h2-7H,1H3,(H3,21,22,24,25,26). The number of anilines is 3. The van der Waals surface area contributed by atoms with Crippen LogP contribution in [0, 0.1) is 5.82 Å². The molecule has 3 rings (SSSR count). The van der Waals surface area contributed by atoms with Gasteiger partial charge in [-0.3, -0.25) is 0 Å². The number of benzene rings is 1. The Hall–Kier alpha value is -3.35. The summed E-state index contributed by atoms with van der Waals surface area (Å²) in [6.45, 7) is 0. The summed E-state index contributed by atoms with van der Waals surface area (Å²) in [5.41, 5.74) is 3.71. The summed E-state index contributed by atoms with van der Waals surface area (Å²) < 4.78 is 76.0. The Morgan fingerprint density at radius 2 is 1.76 bits per heavy atom. The highest BCUT2D eigenvalue weighted by atomic mass is 32.2. The third kappa shape index (κ3) is 4.74. The minimum Gasteiger partial charge on any atom is -0.368 e. The molecule has 0 bridgehead atoms. The van der Waals surface area contributed by atoms with E-state index in [1.807, 2.05) is 0 Å². The summed E-state index contributed by atoms with van der Waals surface area (Å²) in [6, 6.07) is 6.69. The summed E-state index contributed by atoms with van der Waals surface area (Å²) in [7, 11) is -3.49. The number of nitrogens with one attached hydrogen (secondary N) is 1. The van der Waals surface area contributed by atoms with Crippen LogP contribution in [0.1, 0.15) is 5.69 Å². The first kappa shape index (κ1) is 20.4. The van der Waals surface area contributed by atoms with E-state index in [4.69, 9.17) is 5.73 Å². The molecule has 3 aromatic rings. The first-order valence-electron chi connectivity index (χ1n) is 7.76. The number of hydrogen-bond acceptors (Lipinski definition) is 8. The van der Waals surface area contributed by atoms with Crippen LogP contribution in [0.3, 0.4) is 0 Å². The lowest BCUT2D eigenvalue weighted by atomic mass is 10.2. The third-order valence-electron chi connectivity index (χ3n) is 3.52. The number of nitrogen functional groups attached to an aromatic ring is 1. The smallest absolute Gasteiger partial charge is 0.368 e. The van der Waals surface area contributed by atoms with Crippen molar-refractivity contribution in [3.8, 4) is 11.5 Å². The van der Waals surface area contributed by atoms with Crippen LogP contribution in [0.25, 0.3) is 11.5 Å². The fourth-order valence-corrected chi connectivity index (χ4v) is 2.91. The van der Waals surface area contributed by atoms with Crippen LogP contribution >= 0.6 is 0 Å². The minimum absolute atomic E-state index is 0.00958. The quantitative estimate of drug-likeness (QED) is 0.608. The molecule has 0 radical (unpaired) electrons. The molecule has 8 nitrogen and oxygen atoms in total. The lowest BCUT2D eigenvalue weighted by Crippen LogP contribution is -2.11. The summed E-state index contributed by atoms with van der Waals surface area (Å²) in [6.07, 6.45) is -3.78. The van der Waals surface area contributed by atoms with Gasteiger partial charge in [0.25, 0.3) is 0 Å². The van der Waals surface area contributed by atoms with Crippen molar-refractivity contribution in [1.82, 2.24) is 19.9 Å². The van der Waals surface area contributed by atoms with Gasteiger partial charge in [-0.25, -0.2) is 17.8 Å². The maximum atomic E-state index is 14.1. The van der Waals surface area contributed by atoms with Crippen molar-refractivity contribution in [2.45, 2.75) is 11.1 Å². The van der Waals surface area contributed by atoms with Crippen molar-refractivity contribution in [2.24, 2.45) is 0 Å². The predicted octanol–water partition coefficient (Wildman–Crippen LogP) is 2.82. The molecule has 13 heteroatoms. The molecule has 2 aromatic heterocycles. The van der Waals surface area contributed by atoms with E-state index in [9.17, 15) is 26.0 Å². The SMILES string of the molecule is CS(=O)(=O)c1cccc(Nc2nc(N)nc(-c3nc(C(F)(F)F)ccc3F)n2)c1. The topological polar surface area (TPSA) is 124 Å². The molecule has 152 valence electrons. The van der Waals surface area contributed by atoms with Crippen LogP contribution in [0.5, 0.6) is 0 Å². The van der Waals surface area contributed by atoms with E-state index in [-0.39, 0.29) is 16.5 Å². The van der Waals surface area contributed by atoms with Crippen molar-refractivity contribution >= 4 is 27.4 Å². The zero-order valence-corrected chi connectivity index (χ0v) is 15.4. The zero-order valence-electron chi connectivity index (χ0n) is 14.6. The monoisotopic (exact) mass is 428 g/mol. The Balaban J connectivity index is 2.02. The molecular formula is C16H12F4N6O2S. The van der Waals surface area contributed by atoms with Gasteiger partial charge in [0.15, 0.2) is 21.5 Å². The second kappa shape index (κ2) is 7.24. The Morgan fingerprint density at radius 1 is 1.03 bits per heavy atom. The summed E-state index contributed by atoms with van der Waals surface area (Å²) in [4.78, 5) is 14.5. The predicted molar refractivity (Wildman–Crippen MR) is 95.3 cm³/mol. The molecule has 3 N–H and O–H groups in total. The van der Waals surface area contributed by atoms with Crippen LogP contribution in [-0.2, 0) is 16.0 Å². The Bertz CT molecular complexity index is 1180. The summed E-state index contributed by atoms with van der Waals surface area (Å²) in [5, 5.41) is 2.65. The molecule has 0 aliphatic heterocycles. The molecule has 0 saturated carbocycles. The number of hydrogen-bond donors (Lipinski definition) is 2. The van der Waals surface area contributed by atoms with E-state index in [2.05, 4.69) is 25.3 Å². The fourth-order valence-electron chi connectivity index (χ4n) is 2.24. The minimum atomic E-state index is -4.80. The third-order valence-corrected chi connectivity index (χ3v) is 4.63. The van der Waals surface area contributed by atoms with E-state index in [0.717, 1.165) is 6.26 Å². The molecule has 0 saturated heterocycles. The van der Waals surface area contributed by atoms with Gasteiger partial charge in [0.2, 0.25) is 11.9 Å². The Kier molecular flexibility index (Phi) is 5.09. The van der Waals surface area contributed by atoms with Crippen LogP contribution in [-0.4, -0.2) is 34.6 Å². The van der Waals surface area contributed by atoms with Gasteiger partial charge in [-0.2, -0.15) is 28.1 Å². The molecular weight excluding hydrogens is 416 g/mol. The van der Waals surface area contributed by atoms with E-state index >= 15 is 0 Å². The summed E-state index contributed by atoms with van der Waals surface area (Å²) in [5.74, 6) is -2.26. The van der Waals surface area contributed by atoms with Crippen molar-refractivity contribution in [3.63, 3.8) is 0 Å². The number of nitrogens with zero attached hydrogens (tertiary/aromatic N) is 4. The number of nitrogens with two attached hydrogens (primary N) is 1. The normalized spacial score (nSPS) is 12.0. The van der Waals surface area contributed by atoms with Gasteiger partial charge in [0.1, 0.15) is 11.4 Å². The average molecular weight is 428 g/mol. The van der Waals surface area contributed by atoms with Gasteiger partial charge in [-0.1, -0.05) is 6.07 Å². The second-order valence-electron chi connectivity index (χ2n) is 5.79. The molecule has 0 aliphatic rings. The summed E-state index contributed by atoms with van der Waals surface area (Å²) >= 11 is 0. The van der Waals surface area contributed by atoms with Gasteiger partial charge >= 0.3 is 6.18 Å². The molecule has 0 spiro atoms. The lowest BCUT2D eigenvalue weighted by Gasteiger charge is -2.10. The first-order chi connectivity index (χ1) is 13.4. The molecule has 2 heterocycles. The van der Waals surface area contributed by atoms with Crippen molar-refractivity contribution < 1.29 is 26.0 Å². The molecule has 0 atom stereocenters.